The van der Waals surface area contributed by atoms with Gasteiger partial charge in [-0.25, -0.2) is 0 Å². The molecule has 0 bridgehead atoms. The van der Waals surface area contributed by atoms with Crippen molar-refractivity contribution in [1.82, 2.24) is 0 Å². The fourth-order valence-electron chi connectivity index (χ4n) is 2.01. The summed E-state index contributed by atoms with van der Waals surface area (Å²) in [5.41, 5.74) is 3.65. The van der Waals surface area contributed by atoms with Crippen LogP contribution in [0.1, 0.15) is 0 Å². The number of benzene rings is 2. The van der Waals surface area contributed by atoms with Crippen LogP contribution in [-0.2, 0) is 17.3 Å². The molecule has 0 amide bonds. The maximum atomic E-state index is 5.17. The van der Waals surface area contributed by atoms with E-state index in [9.17, 15) is 0 Å². The molecule has 102 valence electrons. The van der Waals surface area contributed by atoms with E-state index < -0.39 is 0 Å². The second-order valence-corrected chi connectivity index (χ2v) is 5.10. The van der Waals surface area contributed by atoms with Crippen molar-refractivity contribution in [1.29, 1.82) is 0 Å². The monoisotopic (exact) mass is 364 g/mol. The van der Waals surface area contributed by atoms with Gasteiger partial charge in [0, 0.05) is 0 Å². The molecular weight excluding hydrogens is 353 g/mol. The third-order valence-corrected chi connectivity index (χ3v) is 3.91. The van der Waals surface area contributed by atoms with Crippen LogP contribution in [0.5, 0.6) is 5.75 Å². The quantitative estimate of drug-likeness (QED) is 0.435. The van der Waals surface area contributed by atoms with Crippen molar-refractivity contribution in [3.05, 3.63) is 66.0 Å². The molecule has 21 heavy (non-hydrogen) atoms. The summed E-state index contributed by atoms with van der Waals surface area (Å²) in [6.07, 6.45) is 0. The van der Waals surface area contributed by atoms with E-state index in [1.54, 1.807) is 18.4 Å². The van der Waals surface area contributed by atoms with Crippen LogP contribution in [0.25, 0.3) is 21.6 Å². The first-order valence-corrected chi connectivity index (χ1v) is 11.1. The molecule has 0 aliphatic carbocycles. The average Bonchev–Trinajstić information content (AvgIpc) is 3.11. The molecule has 1 nitrogen and oxygen atoms in total. The van der Waals surface area contributed by atoms with Crippen LogP contribution >= 0.6 is 21.0 Å². The molecule has 3 rings (SSSR count). The van der Waals surface area contributed by atoms with Crippen LogP contribution in [0.4, 0.5) is 0 Å². The third-order valence-electron chi connectivity index (χ3n) is 3.06. The van der Waals surface area contributed by atoms with Gasteiger partial charge in [-0.05, 0) is 23.3 Å². The summed E-state index contributed by atoms with van der Waals surface area (Å²) in [4.78, 5) is 1.25. The summed E-state index contributed by atoms with van der Waals surface area (Å²) >= 11 is 2.49. The minimum absolute atomic E-state index is 0.847. The van der Waals surface area contributed by atoms with Gasteiger partial charge in [0.05, 0.1) is 7.11 Å². The van der Waals surface area contributed by atoms with Crippen LogP contribution in [0, 0.1) is 5.38 Å². The number of ether oxygens (including phenoxy) is 1. The van der Waals surface area contributed by atoms with Crippen molar-refractivity contribution in [3.8, 4) is 27.3 Å². The van der Waals surface area contributed by atoms with Crippen LogP contribution in [0.2, 0.25) is 0 Å². The first kappa shape index (κ1) is 16.2. The Labute approximate surface area is 143 Å². The van der Waals surface area contributed by atoms with Crippen molar-refractivity contribution >= 4 is 21.0 Å². The number of thiophene rings is 1. The molecule has 1 aromatic heterocycles. The van der Waals surface area contributed by atoms with Gasteiger partial charge in [-0.2, -0.15) is 12.1 Å². The molecule has 1 heterocycles. The summed E-state index contributed by atoms with van der Waals surface area (Å²) in [5, 5.41) is 3.11. The molecule has 0 N–H and O–H groups in total. The van der Waals surface area contributed by atoms with E-state index in [-0.39, 0.29) is 0 Å². The van der Waals surface area contributed by atoms with Crippen LogP contribution < -0.4 is 4.74 Å². The van der Waals surface area contributed by atoms with Crippen molar-refractivity contribution in [2.45, 2.75) is 0 Å². The molecule has 0 saturated heterocycles. The Balaban J connectivity index is 0.000000774. The van der Waals surface area contributed by atoms with E-state index in [2.05, 4.69) is 47.8 Å². The summed E-state index contributed by atoms with van der Waals surface area (Å²) in [7, 11) is 6.45. The number of hydrogen-bond donors (Lipinski definition) is 0. The zero-order valence-corrected chi connectivity index (χ0v) is 16.2. The van der Waals surface area contributed by atoms with Crippen molar-refractivity contribution in [2.75, 3.05) is 7.11 Å². The molecule has 2 aromatic carbocycles. The van der Waals surface area contributed by atoms with E-state index in [4.69, 9.17) is 14.4 Å². The fraction of sp³-hybridized carbons (Fsp3) is 0.0588. The predicted molar refractivity (Wildman–Crippen MR) is 86.4 cm³/mol. The van der Waals surface area contributed by atoms with Gasteiger partial charge in [-0.15, -0.1) is 10.3 Å². The third kappa shape index (κ3) is 4.17. The van der Waals surface area contributed by atoms with Crippen molar-refractivity contribution in [2.24, 2.45) is 0 Å². The number of hydrogen-bond acceptors (Lipinski definition) is 2. The Morgan fingerprint density at radius 1 is 0.857 bits per heavy atom. The SMILES string of the molecule is COc1ccc(-c2ccc(-c3cc[c-]s3)cc2)cc1.[Cl][Zn+]. The Morgan fingerprint density at radius 2 is 1.38 bits per heavy atom. The van der Waals surface area contributed by atoms with Gasteiger partial charge in [0.1, 0.15) is 5.75 Å². The number of methoxy groups -OCH3 is 1. The maximum absolute atomic E-state index is 5.17. The van der Waals surface area contributed by atoms with Gasteiger partial charge in [0.15, 0.2) is 0 Å². The van der Waals surface area contributed by atoms with Crippen LogP contribution in [0.3, 0.4) is 0 Å². The normalized spacial score (nSPS) is 9.71. The minimum atomic E-state index is 0.847. The van der Waals surface area contributed by atoms with Crippen LogP contribution in [0.15, 0.2) is 60.7 Å². The van der Waals surface area contributed by atoms with E-state index in [0.29, 0.717) is 0 Å². The second-order valence-electron chi connectivity index (χ2n) is 4.22. The van der Waals surface area contributed by atoms with Gasteiger partial charge in [-0.3, -0.25) is 11.3 Å². The Hall–Kier alpha value is -1.15. The molecule has 0 radical (unpaired) electrons. The second kappa shape index (κ2) is 8.33. The van der Waals surface area contributed by atoms with Gasteiger partial charge in [0.2, 0.25) is 0 Å². The van der Waals surface area contributed by atoms with Gasteiger partial charge >= 0.3 is 27.0 Å². The predicted octanol–water partition coefficient (Wildman–Crippen LogP) is 5.58. The summed E-state index contributed by atoms with van der Waals surface area (Å²) in [6.45, 7) is 0. The van der Waals surface area contributed by atoms with E-state index >= 15 is 0 Å². The van der Waals surface area contributed by atoms with E-state index in [1.165, 1.54) is 21.6 Å². The molecular formula is C17H13ClOSZn. The van der Waals surface area contributed by atoms with Crippen molar-refractivity contribution in [3.63, 3.8) is 0 Å². The Kier molecular flexibility index (Phi) is 6.44. The topological polar surface area (TPSA) is 9.23 Å². The first-order chi connectivity index (χ1) is 10.4. The molecule has 0 spiro atoms. The molecule has 0 fully saturated rings. The van der Waals surface area contributed by atoms with Gasteiger partial charge in [0.25, 0.3) is 0 Å². The number of halogens is 1. The summed E-state index contributed by atoms with van der Waals surface area (Å²) in [6, 6.07) is 20.8. The molecule has 0 unspecified atom stereocenters. The molecule has 0 aliphatic heterocycles. The first-order valence-electron chi connectivity index (χ1n) is 6.34. The van der Waals surface area contributed by atoms with Gasteiger partial charge in [-0.1, -0.05) is 42.0 Å². The summed E-state index contributed by atoms with van der Waals surface area (Å²) < 4.78 is 5.17. The van der Waals surface area contributed by atoms with Crippen molar-refractivity contribution < 1.29 is 22.0 Å². The molecule has 0 atom stereocenters. The van der Waals surface area contributed by atoms with E-state index in [0.717, 1.165) is 23.1 Å². The average molecular weight is 366 g/mol. The summed E-state index contributed by atoms with van der Waals surface area (Å²) in [5.74, 6) is 0.884. The van der Waals surface area contributed by atoms with Gasteiger partial charge < -0.3 is 4.74 Å². The standard InChI is InChI=1S/C17H13OS.ClH.Zn/c1-18-16-10-8-14(9-11-16)13-4-6-15(7-5-13)17-3-2-12-19-17;;/h2-11H,1H3;1H;/q-1;;+2/p-1. The zero-order valence-electron chi connectivity index (χ0n) is 11.7. The molecule has 0 aliphatic rings. The molecule has 4 heteroatoms. The van der Waals surface area contributed by atoms with Crippen LogP contribution in [-0.4, -0.2) is 7.11 Å². The van der Waals surface area contributed by atoms with E-state index in [1.807, 2.05) is 18.2 Å². The molecule has 0 saturated carbocycles. The number of rotatable bonds is 3. The zero-order chi connectivity index (χ0) is 15.1. The Bertz CT molecular complexity index is 648. The Morgan fingerprint density at radius 3 is 1.86 bits per heavy atom. The molecule has 3 aromatic rings. The fourth-order valence-corrected chi connectivity index (χ4v) is 2.66.